The first-order valence-electron chi connectivity index (χ1n) is 8.86. The molecule has 1 aliphatic rings. The Morgan fingerprint density at radius 2 is 1.63 bits per heavy atom. The summed E-state index contributed by atoms with van der Waals surface area (Å²) < 4.78 is 31.9. The fourth-order valence-corrected chi connectivity index (χ4v) is 3.27. The molecule has 0 spiro atoms. The highest BCUT2D eigenvalue weighted by Gasteiger charge is 2.34. The average Bonchev–Trinajstić information content (AvgIpc) is 2.66. The number of nitrogens with zero attached hydrogens (tertiary/aromatic N) is 2. The summed E-state index contributed by atoms with van der Waals surface area (Å²) in [4.78, 5) is 15.7. The van der Waals surface area contributed by atoms with Crippen molar-refractivity contribution in [3.05, 3.63) is 71.4 Å². The summed E-state index contributed by atoms with van der Waals surface area (Å²) in [6, 6.07) is 12.0. The molecule has 0 radical (unpaired) electrons. The molecule has 2 atom stereocenters. The number of rotatable bonds is 5. The van der Waals surface area contributed by atoms with Gasteiger partial charge in [-0.25, -0.2) is 13.6 Å². The van der Waals surface area contributed by atoms with Crippen LogP contribution >= 0.6 is 0 Å². The average molecular weight is 372 g/mol. The number of halogens is 2. The zero-order valence-electron chi connectivity index (χ0n) is 15.4. The fourth-order valence-electron chi connectivity index (χ4n) is 3.27. The van der Waals surface area contributed by atoms with E-state index in [-0.39, 0.29) is 30.4 Å². The molecule has 1 heterocycles. The number of piperazine rings is 1. The van der Waals surface area contributed by atoms with Crippen LogP contribution in [-0.4, -0.2) is 41.1 Å². The summed E-state index contributed by atoms with van der Waals surface area (Å²) in [6.07, 6.45) is 0. The maximum Gasteiger partial charge on any atom is 0.147 e. The molecule has 1 saturated heterocycles. The summed E-state index contributed by atoms with van der Waals surface area (Å²) in [7, 11) is 0. The van der Waals surface area contributed by atoms with Gasteiger partial charge in [0.1, 0.15) is 35.8 Å². The lowest BCUT2D eigenvalue weighted by Crippen LogP contribution is -2.55. The van der Waals surface area contributed by atoms with E-state index < -0.39 is 0 Å². The van der Waals surface area contributed by atoms with E-state index in [2.05, 4.69) is 5.94 Å². The van der Waals surface area contributed by atoms with Crippen molar-refractivity contribution in [2.24, 2.45) is 0 Å². The summed E-state index contributed by atoms with van der Waals surface area (Å²) in [6.45, 7) is 5.44. The molecule has 2 aromatic rings. The molecular formula is C21H22F2N2O2. The van der Waals surface area contributed by atoms with E-state index >= 15 is 0 Å². The first-order chi connectivity index (χ1) is 13.0. The lowest BCUT2D eigenvalue weighted by atomic mass is 10.0. The van der Waals surface area contributed by atoms with Crippen LogP contribution < -0.4 is 4.74 Å². The highest BCUT2D eigenvalue weighted by atomic mass is 19.1. The van der Waals surface area contributed by atoms with Gasteiger partial charge in [-0.15, -0.1) is 0 Å². The van der Waals surface area contributed by atoms with Crippen LogP contribution in [0.4, 0.5) is 8.78 Å². The first-order valence-corrected chi connectivity index (χ1v) is 8.86. The Morgan fingerprint density at radius 3 is 2.22 bits per heavy atom. The number of hydrogen-bond acceptors (Lipinski definition) is 4. The third-order valence-corrected chi connectivity index (χ3v) is 4.87. The van der Waals surface area contributed by atoms with Gasteiger partial charge in [-0.3, -0.25) is 4.90 Å². The van der Waals surface area contributed by atoms with E-state index in [1.165, 1.54) is 24.3 Å². The summed E-state index contributed by atoms with van der Waals surface area (Å²) in [5.74, 6) is 2.05. The predicted molar refractivity (Wildman–Crippen MR) is 98.7 cm³/mol. The lowest BCUT2D eigenvalue weighted by Gasteiger charge is -2.45. The molecule has 0 aromatic heterocycles. The molecule has 27 heavy (non-hydrogen) atoms. The van der Waals surface area contributed by atoms with Crippen LogP contribution in [0.1, 0.15) is 19.4 Å². The SMILES string of the molecule is C[C@@H]1CN(COc2ccc(F)cc2)[C@@H](C)C(=C=O)N1Cc1ccc(F)cc1. The van der Waals surface area contributed by atoms with E-state index in [1.54, 1.807) is 24.3 Å². The normalized spacial score (nSPS) is 20.4. The Labute approximate surface area is 157 Å². The van der Waals surface area contributed by atoms with Crippen LogP contribution in [-0.2, 0) is 11.3 Å². The van der Waals surface area contributed by atoms with Crippen LogP contribution in [0.25, 0.3) is 0 Å². The minimum atomic E-state index is -0.315. The summed E-state index contributed by atoms with van der Waals surface area (Å²) >= 11 is 0. The second kappa shape index (κ2) is 8.33. The standard InChI is InChI=1S/C21H22F2N2O2/c1-15-11-24(14-27-20-9-7-19(23)8-10-20)16(2)21(13-26)25(15)12-17-3-5-18(22)6-4-17/h3-10,15-16H,11-12,14H2,1-2H3/t15-,16+/m1/s1. The predicted octanol–water partition coefficient (Wildman–Crippen LogP) is 3.61. The Morgan fingerprint density at radius 1 is 1.04 bits per heavy atom. The highest BCUT2D eigenvalue weighted by Crippen LogP contribution is 2.26. The Bertz CT molecular complexity index is 817. The molecule has 0 aliphatic carbocycles. The number of hydrogen-bond donors (Lipinski definition) is 0. The van der Waals surface area contributed by atoms with Gasteiger partial charge in [0, 0.05) is 19.1 Å². The molecule has 0 saturated carbocycles. The quantitative estimate of drug-likeness (QED) is 0.751. The zero-order chi connectivity index (χ0) is 19.4. The van der Waals surface area contributed by atoms with Gasteiger partial charge in [-0.2, -0.15) is 0 Å². The minimum absolute atomic E-state index is 0.0551. The lowest BCUT2D eigenvalue weighted by molar-refractivity contribution is 0.0285. The van der Waals surface area contributed by atoms with E-state index in [1.807, 2.05) is 23.6 Å². The molecule has 6 heteroatoms. The number of benzene rings is 2. The highest BCUT2D eigenvalue weighted by molar-refractivity contribution is 5.54. The van der Waals surface area contributed by atoms with Crippen molar-refractivity contribution >= 4 is 5.94 Å². The fraction of sp³-hybridized carbons (Fsp3) is 0.333. The van der Waals surface area contributed by atoms with Crippen molar-refractivity contribution in [3.8, 4) is 5.75 Å². The van der Waals surface area contributed by atoms with Crippen molar-refractivity contribution in [1.82, 2.24) is 9.80 Å². The summed E-state index contributed by atoms with van der Waals surface area (Å²) in [5.41, 5.74) is 1.47. The van der Waals surface area contributed by atoms with Gasteiger partial charge in [0.2, 0.25) is 0 Å². The molecular weight excluding hydrogens is 350 g/mol. The van der Waals surface area contributed by atoms with Crippen molar-refractivity contribution in [3.63, 3.8) is 0 Å². The van der Waals surface area contributed by atoms with E-state index in [4.69, 9.17) is 4.74 Å². The maximum atomic E-state index is 13.1. The Hall–Kier alpha value is -2.69. The zero-order valence-corrected chi connectivity index (χ0v) is 15.4. The third kappa shape index (κ3) is 4.54. The van der Waals surface area contributed by atoms with E-state index in [0.717, 1.165) is 5.56 Å². The molecule has 142 valence electrons. The maximum absolute atomic E-state index is 13.1. The van der Waals surface area contributed by atoms with Crippen molar-refractivity contribution in [2.45, 2.75) is 32.5 Å². The Balaban J connectivity index is 1.68. The van der Waals surface area contributed by atoms with Gasteiger partial charge in [0.05, 0.1) is 6.04 Å². The van der Waals surface area contributed by atoms with Crippen LogP contribution in [0, 0.1) is 11.6 Å². The van der Waals surface area contributed by atoms with Gasteiger partial charge in [-0.05, 0) is 55.8 Å². The van der Waals surface area contributed by atoms with Crippen LogP contribution in [0.2, 0.25) is 0 Å². The molecule has 3 rings (SSSR count). The third-order valence-electron chi connectivity index (χ3n) is 4.87. The molecule has 4 nitrogen and oxygen atoms in total. The molecule has 1 aliphatic heterocycles. The monoisotopic (exact) mass is 372 g/mol. The van der Waals surface area contributed by atoms with E-state index in [0.29, 0.717) is 24.5 Å². The van der Waals surface area contributed by atoms with Crippen molar-refractivity contribution in [1.29, 1.82) is 0 Å². The van der Waals surface area contributed by atoms with Crippen molar-refractivity contribution in [2.75, 3.05) is 13.3 Å². The smallest absolute Gasteiger partial charge is 0.147 e. The van der Waals surface area contributed by atoms with Gasteiger partial charge in [0.15, 0.2) is 0 Å². The topological polar surface area (TPSA) is 32.8 Å². The summed E-state index contributed by atoms with van der Waals surface area (Å²) in [5, 5.41) is 0. The van der Waals surface area contributed by atoms with Gasteiger partial charge >= 0.3 is 0 Å². The minimum Gasteiger partial charge on any atom is -0.478 e. The molecule has 0 bridgehead atoms. The van der Waals surface area contributed by atoms with Crippen molar-refractivity contribution < 1.29 is 18.3 Å². The largest absolute Gasteiger partial charge is 0.478 e. The van der Waals surface area contributed by atoms with Crippen LogP contribution in [0.5, 0.6) is 5.75 Å². The van der Waals surface area contributed by atoms with Crippen LogP contribution in [0.15, 0.2) is 54.2 Å². The van der Waals surface area contributed by atoms with E-state index in [9.17, 15) is 13.6 Å². The van der Waals surface area contributed by atoms with Crippen LogP contribution in [0.3, 0.4) is 0 Å². The second-order valence-electron chi connectivity index (χ2n) is 6.77. The van der Waals surface area contributed by atoms with Gasteiger partial charge in [0.25, 0.3) is 0 Å². The molecule has 1 fully saturated rings. The molecule has 0 unspecified atom stereocenters. The first kappa shape index (κ1) is 19.1. The molecule has 0 N–H and O–H groups in total. The molecule has 2 aromatic carbocycles. The van der Waals surface area contributed by atoms with Gasteiger partial charge in [-0.1, -0.05) is 12.1 Å². The van der Waals surface area contributed by atoms with Gasteiger partial charge < -0.3 is 9.64 Å². The number of ether oxygens (including phenoxy) is 1. The molecule has 0 amide bonds. The number of carbonyl (C=O) groups excluding carboxylic acids is 1. The second-order valence-corrected chi connectivity index (χ2v) is 6.77. The Kier molecular flexibility index (Phi) is 5.89.